The normalized spacial score (nSPS) is 20.7. The van der Waals surface area contributed by atoms with Crippen LogP contribution in [0.25, 0.3) is 0 Å². The van der Waals surface area contributed by atoms with Crippen LogP contribution in [0.3, 0.4) is 0 Å². The van der Waals surface area contributed by atoms with Gasteiger partial charge in [-0.05, 0) is 55.5 Å². The van der Waals surface area contributed by atoms with Gasteiger partial charge in [-0.25, -0.2) is 12.7 Å². The molecule has 0 radical (unpaired) electrons. The molecule has 3 rings (SSSR count). The van der Waals surface area contributed by atoms with E-state index in [1.54, 1.807) is 0 Å². The molecule has 2 atom stereocenters. The molecule has 1 saturated heterocycles. The van der Waals surface area contributed by atoms with Gasteiger partial charge in [0.1, 0.15) is 0 Å². The molecule has 29 heavy (non-hydrogen) atoms. The molecule has 2 aromatic rings. The molecule has 6 nitrogen and oxygen atoms in total. The average Bonchev–Trinajstić information content (AvgIpc) is 2.99. The van der Waals surface area contributed by atoms with Gasteiger partial charge in [-0.3, -0.25) is 4.79 Å². The quantitative estimate of drug-likeness (QED) is 0.727. The van der Waals surface area contributed by atoms with Crippen molar-refractivity contribution in [3.05, 3.63) is 52.8 Å². The summed E-state index contributed by atoms with van der Waals surface area (Å²) in [5, 5.41) is 0.260. The molecule has 0 aliphatic carbocycles. The average molecular weight is 438 g/mol. The highest BCUT2D eigenvalue weighted by Crippen LogP contribution is 2.35. The molecule has 0 saturated carbocycles. The Bertz CT molecular complexity index is 1000. The van der Waals surface area contributed by atoms with Gasteiger partial charge in [0.15, 0.2) is 0 Å². The van der Waals surface area contributed by atoms with Crippen LogP contribution in [-0.4, -0.2) is 48.7 Å². The summed E-state index contributed by atoms with van der Waals surface area (Å²) in [4.78, 5) is 15.5. The van der Waals surface area contributed by atoms with E-state index in [0.29, 0.717) is 12.5 Å². The summed E-state index contributed by atoms with van der Waals surface area (Å²) in [7, 11) is 1.25. The Kier molecular flexibility index (Phi) is 6.41. The van der Waals surface area contributed by atoms with Gasteiger partial charge in [0.25, 0.3) is 5.91 Å². The summed E-state index contributed by atoms with van der Waals surface area (Å²) in [5.74, 6) is 0.289. The molecule has 0 bridgehead atoms. The van der Waals surface area contributed by atoms with Crippen LogP contribution in [0, 0.1) is 5.92 Å². The smallest absolute Gasteiger partial charge is 0.255 e. The van der Waals surface area contributed by atoms with Crippen molar-refractivity contribution in [3.8, 4) is 0 Å². The van der Waals surface area contributed by atoms with Crippen molar-refractivity contribution >= 4 is 27.5 Å². The summed E-state index contributed by atoms with van der Waals surface area (Å²) in [6.45, 7) is 2.81. The number of carbonyl (C=O) groups excluding carboxylic acids is 1. The third-order valence-electron chi connectivity index (χ3n) is 5.70. The Morgan fingerprint density at radius 1 is 1.17 bits per heavy atom. The Hall–Kier alpha value is -1.83. The van der Waals surface area contributed by atoms with Gasteiger partial charge in [0, 0.05) is 39.6 Å². The molecule has 1 aliphatic heterocycles. The molecule has 1 aromatic heterocycles. The maximum atomic E-state index is 13.6. The third kappa shape index (κ3) is 4.37. The molecule has 1 fully saturated rings. The summed E-state index contributed by atoms with van der Waals surface area (Å²) in [5.41, 5.74) is 1.30. The molecule has 1 aliphatic rings. The zero-order valence-corrected chi connectivity index (χ0v) is 18.9. The van der Waals surface area contributed by atoms with E-state index in [1.807, 2.05) is 34.8 Å². The predicted octanol–water partition coefficient (Wildman–Crippen LogP) is 3.93. The Morgan fingerprint density at radius 2 is 1.90 bits per heavy atom. The first-order chi connectivity index (χ1) is 13.6. The minimum atomic E-state index is -3.66. The van der Waals surface area contributed by atoms with Crippen LogP contribution in [0.15, 0.2) is 41.4 Å². The molecule has 0 unspecified atom stereocenters. The summed E-state index contributed by atoms with van der Waals surface area (Å²) >= 11 is 6.35. The first-order valence-electron chi connectivity index (χ1n) is 9.77. The van der Waals surface area contributed by atoms with Crippen molar-refractivity contribution in [2.45, 2.75) is 37.1 Å². The van der Waals surface area contributed by atoms with Crippen LogP contribution in [0.1, 0.15) is 48.3 Å². The molecule has 2 heterocycles. The highest BCUT2D eigenvalue weighted by Gasteiger charge is 2.32. The van der Waals surface area contributed by atoms with Crippen LogP contribution in [0.5, 0.6) is 0 Å². The van der Waals surface area contributed by atoms with Crippen molar-refractivity contribution < 1.29 is 13.2 Å². The van der Waals surface area contributed by atoms with Crippen molar-refractivity contribution in [2.75, 3.05) is 20.6 Å². The fourth-order valence-corrected chi connectivity index (χ4v) is 4.95. The predicted molar refractivity (Wildman–Crippen MR) is 115 cm³/mol. The molecule has 1 aromatic carbocycles. The lowest BCUT2D eigenvalue weighted by Crippen LogP contribution is -2.36. The minimum absolute atomic E-state index is 0.0638. The number of likely N-dealkylation sites (tertiary alicyclic amines) is 1. The van der Waals surface area contributed by atoms with Gasteiger partial charge in [-0.15, -0.1) is 0 Å². The van der Waals surface area contributed by atoms with E-state index >= 15 is 0 Å². The molecule has 8 heteroatoms. The maximum Gasteiger partial charge on any atom is 0.255 e. The summed E-state index contributed by atoms with van der Waals surface area (Å²) in [6.07, 6.45) is 4.77. The molecule has 0 N–H and O–H groups in total. The van der Waals surface area contributed by atoms with Gasteiger partial charge in [0.05, 0.1) is 21.5 Å². The number of hydrogen-bond acceptors (Lipinski definition) is 3. The van der Waals surface area contributed by atoms with Gasteiger partial charge >= 0.3 is 0 Å². The first-order valence-corrected chi connectivity index (χ1v) is 11.6. The molecular weight excluding hydrogens is 410 g/mol. The number of aryl methyl sites for hydroxylation is 1. The molecule has 158 valence electrons. The van der Waals surface area contributed by atoms with Crippen LogP contribution < -0.4 is 0 Å². The second-order valence-corrected chi connectivity index (χ2v) is 10.5. The lowest BCUT2D eigenvalue weighted by Gasteiger charge is -2.31. The van der Waals surface area contributed by atoms with Crippen LogP contribution in [0.4, 0.5) is 0 Å². The SMILES string of the molecule is C[C@@H]1CC[C@@H](c2cccn2C)N(C(=O)c2cc(S(=O)(=O)N(C)C)ccc2Cl)CC1. The number of halogens is 1. The lowest BCUT2D eigenvalue weighted by atomic mass is 10.00. The van der Waals surface area contributed by atoms with Crippen molar-refractivity contribution in [3.63, 3.8) is 0 Å². The van der Waals surface area contributed by atoms with E-state index in [1.165, 1.54) is 32.3 Å². The van der Waals surface area contributed by atoms with E-state index in [-0.39, 0.29) is 27.4 Å². The van der Waals surface area contributed by atoms with E-state index < -0.39 is 10.0 Å². The number of hydrogen-bond donors (Lipinski definition) is 0. The molecular formula is C21H28ClN3O3S. The largest absolute Gasteiger partial charge is 0.353 e. The first kappa shape index (κ1) is 21.9. The zero-order chi connectivity index (χ0) is 21.3. The van der Waals surface area contributed by atoms with Gasteiger partial charge < -0.3 is 9.47 Å². The monoisotopic (exact) mass is 437 g/mol. The lowest BCUT2D eigenvalue weighted by molar-refractivity contribution is 0.0673. The number of carbonyl (C=O) groups is 1. The third-order valence-corrected chi connectivity index (χ3v) is 7.85. The van der Waals surface area contributed by atoms with Crippen LogP contribution in [-0.2, 0) is 17.1 Å². The van der Waals surface area contributed by atoms with Crippen molar-refractivity contribution in [2.24, 2.45) is 13.0 Å². The minimum Gasteiger partial charge on any atom is -0.353 e. The van der Waals surface area contributed by atoms with Gasteiger partial charge in [0.2, 0.25) is 10.0 Å². The number of rotatable bonds is 4. The van der Waals surface area contributed by atoms with Crippen LogP contribution >= 0.6 is 11.6 Å². The standard InChI is InChI=1S/C21H28ClN3O3S/c1-15-7-10-20(19-6-5-12-24(19)4)25(13-11-15)21(26)17-14-16(8-9-18(17)22)29(27,28)23(2)3/h5-6,8-9,12,14-15,20H,7,10-11,13H2,1-4H3/t15-,20+/m1/s1. The second-order valence-electron chi connectivity index (χ2n) is 7.96. The maximum absolute atomic E-state index is 13.6. The van der Waals surface area contributed by atoms with Crippen molar-refractivity contribution in [1.82, 2.24) is 13.8 Å². The topological polar surface area (TPSA) is 62.6 Å². The Labute approximate surface area is 178 Å². The number of sulfonamides is 1. The number of aromatic nitrogens is 1. The highest BCUT2D eigenvalue weighted by atomic mass is 35.5. The summed E-state index contributed by atoms with van der Waals surface area (Å²) in [6, 6.07) is 8.27. The van der Waals surface area contributed by atoms with E-state index in [9.17, 15) is 13.2 Å². The van der Waals surface area contributed by atoms with Crippen molar-refractivity contribution in [1.29, 1.82) is 0 Å². The van der Waals surface area contributed by atoms with E-state index in [2.05, 4.69) is 6.92 Å². The van der Waals surface area contributed by atoms with Crippen LogP contribution in [0.2, 0.25) is 5.02 Å². The highest BCUT2D eigenvalue weighted by molar-refractivity contribution is 7.89. The Balaban J connectivity index is 2.04. The fourth-order valence-electron chi connectivity index (χ4n) is 3.82. The van der Waals surface area contributed by atoms with E-state index in [0.717, 1.165) is 29.3 Å². The molecule has 0 spiro atoms. The van der Waals surface area contributed by atoms with E-state index in [4.69, 9.17) is 11.6 Å². The zero-order valence-electron chi connectivity index (χ0n) is 17.3. The van der Waals surface area contributed by atoms with Gasteiger partial charge in [-0.1, -0.05) is 18.5 Å². The number of nitrogens with zero attached hydrogens (tertiary/aromatic N) is 3. The number of benzene rings is 1. The van der Waals surface area contributed by atoms with Gasteiger partial charge in [-0.2, -0.15) is 0 Å². The second kappa shape index (κ2) is 8.50. The molecule has 1 amide bonds. The Morgan fingerprint density at radius 3 is 2.52 bits per heavy atom. The summed E-state index contributed by atoms with van der Waals surface area (Å²) < 4.78 is 28.3. The fraction of sp³-hybridized carbons (Fsp3) is 0.476. The number of amides is 1.